The van der Waals surface area contributed by atoms with Gasteiger partial charge < -0.3 is 19.9 Å². The van der Waals surface area contributed by atoms with Crippen LogP contribution >= 0.6 is 0 Å². The Morgan fingerprint density at radius 3 is 2.29 bits per heavy atom. The minimum atomic E-state index is -0.995. The van der Waals surface area contributed by atoms with Crippen LogP contribution in [-0.2, 0) is 20.7 Å². The quantitative estimate of drug-likeness (QED) is 0.684. The summed E-state index contributed by atoms with van der Waals surface area (Å²) in [4.78, 5) is 22.8. The number of methoxy groups -OCH3 is 1. The summed E-state index contributed by atoms with van der Waals surface area (Å²) in [6.45, 7) is 6.15. The fraction of sp³-hybridized carbons (Fsp3) is 0.556. The summed E-state index contributed by atoms with van der Waals surface area (Å²) >= 11 is 0. The maximum atomic E-state index is 11.8. The molecule has 0 radical (unpaired) electrons. The summed E-state index contributed by atoms with van der Waals surface area (Å²) in [5, 5.41) is 11.9. The molecular weight excluding hydrogens is 310 g/mol. The van der Waals surface area contributed by atoms with Crippen LogP contribution in [0.5, 0.6) is 5.75 Å². The van der Waals surface area contributed by atoms with Gasteiger partial charge in [-0.05, 0) is 37.0 Å². The second kappa shape index (κ2) is 9.93. The predicted octanol–water partition coefficient (Wildman–Crippen LogP) is 2.26. The standard InChI is InChI=1S/C18H27NO5/c1-12(2)9-13(3)19-17(20)11-24-15-7-5-14(6-8-15)10-16(23-4)18(21)22/h5-8,12-13,16H,9-11H2,1-4H3,(H,19,20)(H,21,22)/t13?,16-/m0/s1. The number of carbonyl (C=O) groups is 2. The number of hydrogen-bond acceptors (Lipinski definition) is 4. The van der Waals surface area contributed by atoms with E-state index < -0.39 is 12.1 Å². The molecule has 1 aromatic rings. The van der Waals surface area contributed by atoms with Gasteiger partial charge in [0.15, 0.2) is 12.7 Å². The lowest BCUT2D eigenvalue weighted by Crippen LogP contribution is -2.36. The Kier molecular flexibility index (Phi) is 8.26. The number of carbonyl (C=O) groups excluding carboxylic acids is 1. The van der Waals surface area contributed by atoms with Crippen molar-refractivity contribution < 1.29 is 24.2 Å². The highest BCUT2D eigenvalue weighted by Gasteiger charge is 2.16. The number of aliphatic carboxylic acids is 1. The van der Waals surface area contributed by atoms with Crippen molar-refractivity contribution in [1.29, 1.82) is 0 Å². The number of hydrogen-bond donors (Lipinski definition) is 2. The van der Waals surface area contributed by atoms with Crippen LogP contribution < -0.4 is 10.1 Å². The molecule has 0 aliphatic carbocycles. The summed E-state index contributed by atoms with van der Waals surface area (Å²) < 4.78 is 10.4. The average Bonchev–Trinajstić information content (AvgIpc) is 2.50. The van der Waals surface area contributed by atoms with Crippen molar-refractivity contribution in [2.75, 3.05) is 13.7 Å². The summed E-state index contributed by atoms with van der Waals surface area (Å²) in [5.41, 5.74) is 0.826. The number of benzene rings is 1. The number of amides is 1. The Bertz CT molecular complexity index is 527. The molecule has 0 spiro atoms. The molecule has 0 aromatic heterocycles. The summed E-state index contributed by atoms with van der Waals surface area (Å²) in [6, 6.07) is 7.09. The van der Waals surface area contributed by atoms with Crippen LogP contribution in [0.4, 0.5) is 0 Å². The van der Waals surface area contributed by atoms with Gasteiger partial charge in [0.25, 0.3) is 5.91 Å². The number of carboxylic acids is 1. The molecule has 24 heavy (non-hydrogen) atoms. The Morgan fingerprint density at radius 2 is 1.79 bits per heavy atom. The first-order valence-corrected chi connectivity index (χ1v) is 8.08. The molecule has 1 amide bonds. The van der Waals surface area contributed by atoms with Crippen LogP contribution in [0.3, 0.4) is 0 Å². The van der Waals surface area contributed by atoms with Gasteiger partial charge in [0.05, 0.1) is 0 Å². The van der Waals surface area contributed by atoms with Gasteiger partial charge in [0.1, 0.15) is 5.75 Å². The van der Waals surface area contributed by atoms with Crippen LogP contribution in [-0.4, -0.2) is 42.8 Å². The Balaban J connectivity index is 2.44. The molecule has 0 heterocycles. The van der Waals surface area contributed by atoms with E-state index in [1.807, 2.05) is 6.92 Å². The maximum absolute atomic E-state index is 11.8. The molecule has 6 heteroatoms. The molecule has 2 N–H and O–H groups in total. The molecule has 0 aliphatic rings. The molecule has 2 atom stereocenters. The van der Waals surface area contributed by atoms with Crippen molar-refractivity contribution in [2.24, 2.45) is 5.92 Å². The van der Waals surface area contributed by atoms with Gasteiger partial charge in [0, 0.05) is 19.6 Å². The minimum absolute atomic E-state index is 0.0440. The van der Waals surface area contributed by atoms with Gasteiger partial charge in [-0.3, -0.25) is 4.79 Å². The van der Waals surface area contributed by atoms with Gasteiger partial charge >= 0.3 is 5.97 Å². The second-order valence-corrected chi connectivity index (χ2v) is 6.30. The second-order valence-electron chi connectivity index (χ2n) is 6.30. The third-order valence-corrected chi connectivity index (χ3v) is 3.51. The number of rotatable bonds is 10. The Labute approximate surface area is 143 Å². The van der Waals surface area contributed by atoms with Gasteiger partial charge in [0.2, 0.25) is 0 Å². The Morgan fingerprint density at radius 1 is 1.17 bits per heavy atom. The fourth-order valence-corrected chi connectivity index (χ4v) is 2.44. The van der Waals surface area contributed by atoms with Crippen molar-refractivity contribution in [3.05, 3.63) is 29.8 Å². The molecule has 0 saturated heterocycles. The molecule has 6 nitrogen and oxygen atoms in total. The number of carboxylic acid groups (broad SMARTS) is 1. The third kappa shape index (κ3) is 7.46. The van der Waals surface area contributed by atoms with Crippen molar-refractivity contribution in [3.63, 3.8) is 0 Å². The van der Waals surface area contributed by atoms with E-state index in [0.29, 0.717) is 11.7 Å². The third-order valence-electron chi connectivity index (χ3n) is 3.51. The zero-order valence-electron chi connectivity index (χ0n) is 14.7. The maximum Gasteiger partial charge on any atom is 0.333 e. The molecular formula is C18H27NO5. The zero-order chi connectivity index (χ0) is 18.1. The highest BCUT2D eigenvalue weighted by atomic mass is 16.5. The van der Waals surface area contributed by atoms with Crippen LogP contribution in [0.15, 0.2) is 24.3 Å². The summed E-state index contributed by atoms with van der Waals surface area (Å²) in [7, 11) is 1.37. The smallest absolute Gasteiger partial charge is 0.333 e. The number of ether oxygens (including phenoxy) is 2. The first kappa shape index (κ1) is 20.0. The average molecular weight is 337 g/mol. The van der Waals surface area contributed by atoms with Crippen LogP contribution in [0.1, 0.15) is 32.8 Å². The van der Waals surface area contributed by atoms with Crippen LogP contribution in [0.2, 0.25) is 0 Å². The van der Waals surface area contributed by atoms with Crippen LogP contribution in [0, 0.1) is 5.92 Å². The molecule has 0 aliphatic heterocycles. The predicted molar refractivity (Wildman–Crippen MR) is 91.1 cm³/mol. The van der Waals surface area contributed by atoms with E-state index in [1.165, 1.54) is 7.11 Å². The monoisotopic (exact) mass is 337 g/mol. The van der Waals surface area contributed by atoms with E-state index in [-0.39, 0.29) is 25.0 Å². The molecule has 1 aromatic carbocycles. The molecule has 0 fully saturated rings. The van der Waals surface area contributed by atoms with E-state index in [0.717, 1.165) is 12.0 Å². The van der Waals surface area contributed by atoms with Gasteiger partial charge in [-0.2, -0.15) is 0 Å². The van der Waals surface area contributed by atoms with E-state index in [4.69, 9.17) is 14.6 Å². The minimum Gasteiger partial charge on any atom is -0.484 e. The van der Waals surface area contributed by atoms with E-state index in [2.05, 4.69) is 19.2 Å². The molecule has 0 saturated carbocycles. The molecule has 1 rings (SSSR count). The van der Waals surface area contributed by atoms with Crippen molar-refractivity contribution >= 4 is 11.9 Å². The lowest BCUT2D eigenvalue weighted by atomic mass is 10.1. The first-order chi connectivity index (χ1) is 11.3. The van der Waals surface area contributed by atoms with E-state index in [1.54, 1.807) is 24.3 Å². The van der Waals surface area contributed by atoms with Crippen molar-refractivity contribution in [3.8, 4) is 5.75 Å². The normalized spacial score (nSPS) is 13.4. The Hall–Kier alpha value is -2.08. The number of nitrogens with one attached hydrogen (secondary N) is 1. The van der Waals surface area contributed by atoms with Gasteiger partial charge in [-0.15, -0.1) is 0 Å². The van der Waals surface area contributed by atoms with Gasteiger partial charge in [-0.25, -0.2) is 4.79 Å². The lowest BCUT2D eigenvalue weighted by molar-refractivity contribution is -0.148. The van der Waals surface area contributed by atoms with Gasteiger partial charge in [-0.1, -0.05) is 26.0 Å². The van der Waals surface area contributed by atoms with E-state index >= 15 is 0 Å². The SMILES string of the molecule is CO[C@@H](Cc1ccc(OCC(=O)NC(C)CC(C)C)cc1)C(=O)O. The summed E-state index contributed by atoms with van der Waals surface area (Å²) in [5.74, 6) is -0.0623. The van der Waals surface area contributed by atoms with Crippen molar-refractivity contribution in [1.82, 2.24) is 5.32 Å². The molecule has 1 unspecified atom stereocenters. The van der Waals surface area contributed by atoms with Crippen LogP contribution in [0.25, 0.3) is 0 Å². The largest absolute Gasteiger partial charge is 0.484 e. The van der Waals surface area contributed by atoms with Crippen molar-refractivity contribution in [2.45, 2.75) is 45.8 Å². The topological polar surface area (TPSA) is 84.9 Å². The molecule has 0 bridgehead atoms. The fourth-order valence-electron chi connectivity index (χ4n) is 2.44. The molecule has 134 valence electrons. The highest BCUT2D eigenvalue weighted by molar-refractivity contribution is 5.77. The summed E-state index contributed by atoms with van der Waals surface area (Å²) in [6.07, 6.45) is 0.328. The zero-order valence-corrected chi connectivity index (χ0v) is 14.7. The van der Waals surface area contributed by atoms with E-state index in [9.17, 15) is 9.59 Å². The highest BCUT2D eigenvalue weighted by Crippen LogP contribution is 2.14. The first-order valence-electron chi connectivity index (χ1n) is 8.08. The lowest BCUT2D eigenvalue weighted by Gasteiger charge is -2.16.